The lowest BCUT2D eigenvalue weighted by Gasteiger charge is -2.18. The molecule has 0 aliphatic heterocycles. The number of nitrogens with zero attached hydrogens (tertiary/aromatic N) is 5. The van der Waals surface area contributed by atoms with Gasteiger partial charge in [0.25, 0.3) is 0 Å². The second-order valence-electron chi connectivity index (χ2n) is 3.99. The van der Waals surface area contributed by atoms with Crippen molar-refractivity contribution < 1.29 is 4.74 Å². The molecular formula is C13H16ClN5O. The molecule has 2 aromatic rings. The molecule has 0 fully saturated rings. The molecule has 2 aromatic heterocycles. The standard InChI is InChI=1S/C13H16ClN5O/c1-4-19(5-2)13-17-11(16-12(14)18-13)9-6-7-10(20-3)15-8-9/h6-8H,4-5H2,1-3H3. The van der Waals surface area contributed by atoms with Crippen LogP contribution in [0.3, 0.4) is 0 Å². The third kappa shape index (κ3) is 3.14. The van der Waals surface area contributed by atoms with Crippen molar-refractivity contribution in [2.45, 2.75) is 13.8 Å². The third-order valence-electron chi connectivity index (χ3n) is 2.85. The van der Waals surface area contributed by atoms with Crippen molar-refractivity contribution in [3.8, 4) is 17.3 Å². The first kappa shape index (κ1) is 14.5. The Hall–Kier alpha value is -1.95. The molecule has 0 saturated carbocycles. The van der Waals surface area contributed by atoms with E-state index in [4.69, 9.17) is 16.3 Å². The van der Waals surface area contributed by atoms with Crippen LogP contribution in [0.4, 0.5) is 5.95 Å². The van der Waals surface area contributed by atoms with E-state index in [0.29, 0.717) is 17.7 Å². The van der Waals surface area contributed by atoms with E-state index >= 15 is 0 Å². The van der Waals surface area contributed by atoms with Crippen molar-refractivity contribution in [1.82, 2.24) is 19.9 Å². The molecule has 20 heavy (non-hydrogen) atoms. The lowest BCUT2D eigenvalue weighted by atomic mass is 10.3. The van der Waals surface area contributed by atoms with Crippen molar-refractivity contribution in [1.29, 1.82) is 0 Å². The normalized spacial score (nSPS) is 10.4. The molecule has 0 saturated heterocycles. The van der Waals surface area contributed by atoms with Crippen LogP contribution in [0, 0.1) is 0 Å². The van der Waals surface area contributed by atoms with Crippen LogP contribution < -0.4 is 9.64 Å². The summed E-state index contributed by atoms with van der Waals surface area (Å²) in [6.07, 6.45) is 1.65. The summed E-state index contributed by atoms with van der Waals surface area (Å²) in [4.78, 5) is 18.9. The summed E-state index contributed by atoms with van der Waals surface area (Å²) in [7, 11) is 1.57. The molecule has 6 nitrogen and oxygen atoms in total. The molecule has 106 valence electrons. The molecule has 0 atom stereocenters. The predicted molar refractivity (Wildman–Crippen MR) is 78.2 cm³/mol. The van der Waals surface area contributed by atoms with Gasteiger partial charge in [-0.05, 0) is 31.5 Å². The molecule has 0 spiro atoms. The van der Waals surface area contributed by atoms with Gasteiger partial charge in [0.1, 0.15) is 0 Å². The average Bonchev–Trinajstić information content (AvgIpc) is 2.48. The first-order chi connectivity index (χ1) is 9.67. The predicted octanol–water partition coefficient (Wildman–Crippen LogP) is 2.44. The van der Waals surface area contributed by atoms with Gasteiger partial charge >= 0.3 is 0 Å². The average molecular weight is 294 g/mol. The molecule has 0 N–H and O–H groups in total. The van der Waals surface area contributed by atoms with Gasteiger partial charge in [0.2, 0.25) is 17.1 Å². The van der Waals surface area contributed by atoms with Gasteiger partial charge in [-0.1, -0.05) is 0 Å². The number of halogens is 1. The van der Waals surface area contributed by atoms with Gasteiger partial charge in [-0.3, -0.25) is 0 Å². The Balaban J connectivity index is 2.40. The molecule has 0 unspecified atom stereocenters. The lowest BCUT2D eigenvalue weighted by Crippen LogP contribution is -2.24. The van der Waals surface area contributed by atoms with Crippen LogP contribution in [-0.4, -0.2) is 40.1 Å². The Bertz CT molecular complexity index is 571. The number of pyridine rings is 1. The molecule has 2 heterocycles. The van der Waals surface area contributed by atoms with Gasteiger partial charge in [-0.25, -0.2) is 4.98 Å². The van der Waals surface area contributed by atoms with Crippen LogP contribution in [0.2, 0.25) is 5.28 Å². The summed E-state index contributed by atoms with van der Waals surface area (Å²) in [6.45, 7) is 5.68. The maximum absolute atomic E-state index is 5.98. The van der Waals surface area contributed by atoms with Crippen molar-refractivity contribution in [2.75, 3.05) is 25.1 Å². The molecule has 2 rings (SSSR count). The van der Waals surface area contributed by atoms with Gasteiger partial charge in [-0.2, -0.15) is 15.0 Å². The van der Waals surface area contributed by atoms with Gasteiger partial charge in [0, 0.05) is 30.9 Å². The summed E-state index contributed by atoms with van der Waals surface area (Å²) in [6, 6.07) is 3.59. The van der Waals surface area contributed by atoms with Crippen LogP contribution in [-0.2, 0) is 0 Å². The Labute approximate surface area is 122 Å². The maximum atomic E-state index is 5.98. The van der Waals surface area contributed by atoms with Gasteiger partial charge in [-0.15, -0.1) is 0 Å². The topological polar surface area (TPSA) is 64.0 Å². The molecular weight excluding hydrogens is 278 g/mol. The minimum absolute atomic E-state index is 0.174. The Morgan fingerprint density at radius 3 is 2.45 bits per heavy atom. The largest absolute Gasteiger partial charge is 0.481 e. The Kier molecular flexibility index (Phi) is 4.68. The number of hydrogen-bond acceptors (Lipinski definition) is 6. The fraction of sp³-hybridized carbons (Fsp3) is 0.385. The van der Waals surface area contributed by atoms with E-state index in [9.17, 15) is 0 Å². The Morgan fingerprint density at radius 2 is 1.90 bits per heavy atom. The molecule has 7 heteroatoms. The molecule has 0 aliphatic rings. The number of ether oxygens (including phenoxy) is 1. The zero-order valence-corrected chi connectivity index (χ0v) is 12.4. The van der Waals surface area contributed by atoms with E-state index in [-0.39, 0.29) is 5.28 Å². The first-order valence-electron chi connectivity index (χ1n) is 6.34. The van der Waals surface area contributed by atoms with E-state index in [2.05, 4.69) is 19.9 Å². The van der Waals surface area contributed by atoms with Gasteiger partial charge in [0.05, 0.1) is 7.11 Å². The van der Waals surface area contributed by atoms with Crippen LogP contribution in [0.15, 0.2) is 18.3 Å². The quantitative estimate of drug-likeness (QED) is 0.844. The molecule has 0 bridgehead atoms. The van der Waals surface area contributed by atoms with E-state index < -0.39 is 0 Å². The Morgan fingerprint density at radius 1 is 1.15 bits per heavy atom. The third-order valence-corrected chi connectivity index (χ3v) is 3.02. The van der Waals surface area contributed by atoms with Gasteiger partial charge in [0.15, 0.2) is 5.82 Å². The number of methoxy groups -OCH3 is 1. The SMILES string of the molecule is CCN(CC)c1nc(Cl)nc(-c2ccc(OC)nc2)n1. The van der Waals surface area contributed by atoms with Crippen molar-refractivity contribution >= 4 is 17.5 Å². The summed E-state index contributed by atoms with van der Waals surface area (Å²) in [5.41, 5.74) is 0.767. The number of anilines is 1. The highest BCUT2D eigenvalue weighted by Gasteiger charge is 2.11. The van der Waals surface area contributed by atoms with E-state index in [0.717, 1.165) is 18.7 Å². The molecule has 0 radical (unpaired) electrons. The van der Waals surface area contributed by atoms with Crippen molar-refractivity contribution in [2.24, 2.45) is 0 Å². The van der Waals surface area contributed by atoms with Crippen molar-refractivity contribution in [3.05, 3.63) is 23.6 Å². The minimum atomic E-state index is 0.174. The second kappa shape index (κ2) is 6.47. The molecule has 0 aromatic carbocycles. The minimum Gasteiger partial charge on any atom is -0.481 e. The van der Waals surface area contributed by atoms with Crippen LogP contribution in [0.25, 0.3) is 11.4 Å². The number of hydrogen-bond donors (Lipinski definition) is 0. The van der Waals surface area contributed by atoms with Gasteiger partial charge < -0.3 is 9.64 Å². The fourth-order valence-electron chi connectivity index (χ4n) is 1.75. The second-order valence-corrected chi connectivity index (χ2v) is 4.33. The lowest BCUT2D eigenvalue weighted by molar-refractivity contribution is 0.398. The first-order valence-corrected chi connectivity index (χ1v) is 6.72. The van der Waals surface area contributed by atoms with Crippen LogP contribution in [0.1, 0.15) is 13.8 Å². The monoisotopic (exact) mass is 293 g/mol. The molecule has 0 aliphatic carbocycles. The van der Waals surface area contributed by atoms with Crippen LogP contribution >= 0.6 is 11.6 Å². The maximum Gasteiger partial charge on any atom is 0.230 e. The zero-order chi connectivity index (χ0) is 14.5. The number of aromatic nitrogens is 4. The highest BCUT2D eigenvalue weighted by molar-refractivity contribution is 6.28. The summed E-state index contributed by atoms with van der Waals surface area (Å²) >= 11 is 5.98. The molecule has 0 amide bonds. The van der Waals surface area contributed by atoms with Crippen molar-refractivity contribution in [3.63, 3.8) is 0 Å². The number of rotatable bonds is 5. The summed E-state index contributed by atoms with van der Waals surface area (Å²) in [5.74, 6) is 1.61. The highest BCUT2D eigenvalue weighted by Crippen LogP contribution is 2.20. The van der Waals surface area contributed by atoms with Crippen LogP contribution in [0.5, 0.6) is 5.88 Å². The fourth-order valence-corrected chi connectivity index (χ4v) is 1.91. The smallest absolute Gasteiger partial charge is 0.230 e. The van der Waals surface area contributed by atoms with E-state index in [1.807, 2.05) is 24.8 Å². The summed E-state index contributed by atoms with van der Waals surface area (Å²) in [5, 5.41) is 0.174. The van der Waals surface area contributed by atoms with E-state index in [1.165, 1.54) is 0 Å². The summed E-state index contributed by atoms with van der Waals surface area (Å²) < 4.78 is 5.03. The highest BCUT2D eigenvalue weighted by atomic mass is 35.5. The zero-order valence-electron chi connectivity index (χ0n) is 11.7. The van der Waals surface area contributed by atoms with E-state index in [1.54, 1.807) is 19.4 Å².